The fourth-order valence-corrected chi connectivity index (χ4v) is 4.84. The number of esters is 1. The van der Waals surface area contributed by atoms with E-state index in [2.05, 4.69) is 25.8 Å². The molecule has 4 rings (SSSR count). The zero-order valence-corrected chi connectivity index (χ0v) is 25.5. The molecule has 0 radical (unpaired) electrons. The van der Waals surface area contributed by atoms with E-state index in [1.54, 1.807) is 32.9 Å². The number of carbonyl (C=O) groups is 3. The molecule has 0 spiro atoms. The van der Waals surface area contributed by atoms with Gasteiger partial charge in [0.1, 0.15) is 17.7 Å². The van der Waals surface area contributed by atoms with E-state index in [1.165, 1.54) is 48.9 Å². The molecule has 242 valence electrons. The van der Waals surface area contributed by atoms with Gasteiger partial charge in [-0.2, -0.15) is 0 Å². The van der Waals surface area contributed by atoms with Gasteiger partial charge in [0.15, 0.2) is 25.4 Å². The third kappa shape index (κ3) is 7.58. The number of aryl methyl sites for hydroxylation is 1. The quantitative estimate of drug-likeness (QED) is 0.0258. The first-order chi connectivity index (χ1) is 22.1. The lowest BCUT2D eigenvalue weighted by molar-refractivity contribution is -0.0633. The van der Waals surface area contributed by atoms with E-state index >= 15 is 5.21 Å². The monoisotopic (exact) mass is 633 g/mol. The van der Waals surface area contributed by atoms with Crippen LogP contribution in [0.15, 0.2) is 70.5 Å². The number of hydrogen-bond donors (Lipinski definition) is 5. The number of nitrogens with zero attached hydrogens (tertiary/aromatic N) is 3. The average Bonchev–Trinajstić information content (AvgIpc) is 3.69. The summed E-state index contributed by atoms with van der Waals surface area (Å²) in [6.07, 6.45) is 3.88. The van der Waals surface area contributed by atoms with Gasteiger partial charge in [-0.05, 0) is 56.7 Å². The average molecular weight is 634 g/mol. The number of nitrogens with two attached hydrogens (primary N) is 1. The number of nitrogens with one attached hydrogen (secondary N) is 3. The molecule has 15 heteroatoms. The van der Waals surface area contributed by atoms with E-state index < -0.39 is 36.1 Å². The molecule has 15 nitrogen and oxygen atoms in total. The van der Waals surface area contributed by atoms with Crippen LogP contribution in [0.1, 0.15) is 60.9 Å². The first kappa shape index (κ1) is 33.4. The predicted octanol–water partition coefficient (Wildman–Crippen LogP) is 3.65. The third-order valence-electron chi connectivity index (χ3n) is 7.20. The smallest absolute Gasteiger partial charge is 0.340 e. The van der Waals surface area contributed by atoms with Gasteiger partial charge in [0, 0.05) is 36.0 Å². The number of aromatic hydroxyl groups is 1. The predicted molar refractivity (Wildman–Crippen MR) is 169 cm³/mol. The molecule has 2 aromatic carbocycles. The molecule has 2 unspecified atom stereocenters. The van der Waals surface area contributed by atoms with Crippen molar-refractivity contribution in [2.45, 2.75) is 26.8 Å². The highest BCUT2D eigenvalue weighted by Gasteiger charge is 2.38. The Morgan fingerprint density at radius 1 is 1.15 bits per heavy atom. The lowest BCUT2D eigenvalue weighted by Crippen LogP contribution is -2.50. The van der Waals surface area contributed by atoms with Gasteiger partial charge in [0.05, 0.1) is 29.7 Å². The minimum Gasteiger partial charge on any atom is -0.625 e. The second-order valence-electron chi connectivity index (χ2n) is 10.2. The Bertz CT molecular complexity index is 1690. The SMILES string of the molecule is CCNC(=O)c1c[nH]c(C(CN=CN)[N+]([O-])(COCOC(=O)c2ccc(O)cc2)c2cc(C(=O)Nc3ccon3)ccc2C)c1C. The number of benzene rings is 2. The van der Waals surface area contributed by atoms with Crippen molar-refractivity contribution >= 4 is 35.6 Å². The Hall–Kier alpha value is -5.51. The summed E-state index contributed by atoms with van der Waals surface area (Å²) in [6, 6.07) is 10.4. The van der Waals surface area contributed by atoms with E-state index in [0.717, 1.165) is 6.34 Å². The molecule has 2 heterocycles. The van der Waals surface area contributed by atoms with Gasteiger partial charge < -0.3 is 40.9 Å². The summed E-state index contributed by atoms with van der Waals surface area (Å²) in [7, 11) is 0. The molecule has 6 N–H and O–H groups in total. The van der Waals surface area contributed by atoms with Crippen molar-refractivity contribution < 1.29 is 33.5 Å². The molecule has 2 aromatic heterocycles. The van der Waals surface area contributed by atoms with Gasteiger partial charge in [-0.1, -0.05) is 11.2 Å². The van der Waals surface area contributed by atoms with Crippen LogP contribution in [0.5, 0.6) is 5.75 Å². The Balaban J connectivity index is 1.72. The third-order valence-corrected chi connectivity index (χ3v) is 7.20. The van der Waals surface area contributed by atoms with Crippen LogP contribution < -0.4 is 21.0 Å². The normalized spacial score (nSPS) is 13.2. The number of carbonyl (C=O) groups excluding carboxylic acids is 3. The molecule has 2 atom stereocenters. The number of aliphatic imine (C=N–C) groups is 1. The summed E-state index contributed by atoms with van der Waals surface area (Å²) in [5.74, 6) is -1.44. The maximum absolute atomic E-state index is 15.3. The topological polar surface area (TPSA) is 217 Å². The fraction of sp³-hybridized carbons (Fsp3) is 0.258. The second-order valence-corrected chi connectivity index (χ2v) is 10.2. The van der Waals surface area contributed by atoms with Gasteiger partial charge in [0.2, 0.25) is 0 Å². The molecule has 0 saturated heterocycles. The van der Waals surface area contributed by atoms with Gasteiger partial charge in [-0.3, -0.25) is 24.0 Å². The van der Waals surface area contributed by atoms with Gasteiger partial charge in [0.25, 0.3) is 11.8 Å². The van der Waals surface area contributed by atoms with Gasteiger partial charge in [-0.15, -0.1) is 0 Å². The molecule has 0 aliphatic rings. The lowest BCUT2D eigenvalue weighted by atomic mass is 10.0. The number of anilines is 1. The summed E-state index contributed by atoms with van der Waals surface area (Å²) >= 11 is 0. The molecule has 0 fully saturated rings. The van der Waals surface area contributed by atoms with E-state index in [-0.39, 0.29) is 40.8 Å². The summed E-state index contributed by atoms with van der Waals surface area (Å²) in [5.41, 5.74) is 7.82. The van der Waals surface area contributed by atoms with Crippen molar-refractivity contribution in [2.24, 2.45) is 10.7 Å². The highest BCUT2D eigenvalue weighted by atomic mass is 16.7. The van der Waals surface area contributed by atoms with Crippen LogP contribution in [0.4, 0.5) is 11.5 Å². The Morgan fingerprint density at radius 3 is 2.57 bits per heavy atom. The summed E-state index contributed by atoms with van der Waals surface area (Å²) in [6.45, 7) is 4.28. The summed E-state index contributed by atoms with van der Waals surface area (Å²) < 4.78 is 14.4. The van der Waals surface area contributed by atoms with Crippen LogP contribution in [0, 0.1) is 19.1 Å². The number of phenolic OH excluding ortho intramolecular Hbond substituents is 1. The maximum atomic E-state index is 15.3. The van der Waals surface area contributed by atoms with E-state index in [4.69, 9.17) is 19.7 Å². The molecular weight excluding hydrogens is 598 g/mol. The van der Waals surface area contributed by atoms with Crippen LogP contribution in [0.2, 0.25) is 0 Å². The minimum atomic E-state index is -1.25. The zero-order chi connectivity index (χ0) is 33.3. The van der Waals surface area contributed by atoms with Crippen LogP contribution in [-0.2, 0) is 9.47 Å². The highest BCUT2D eigenvalue weighted by Crippen LogP contribution is 2.39. The number of hydroxylamine groups is 2. The van der Waals surface area contributed by atoms with Crippen LogP contribution in [0.25, 0.3) is 0 Å². The number of quaternary nitrogens is 1. The number of rotatable bonds is 14. The van der Waals surface area contributed by atoms with E-state index in [0.29, 0.717) is 28.9 Å². The molecule has 0 saturated carbocycles. The molecule has 0 bridgehead atoms. The van der Waals surface area contributed by atoms with Crippen LogP contribution in [0.3, 0.4) is 0 Å². The van der Waals surface area contributed by atoms with Crippen molar-refractivity contribution in [3.05, 3.63) is 99.7 Å². The molecule has 0 aliphatic heterocycles. The van der Waals surface area contributed by atoms with Gasteiger partial charge in [-0.25, -0.2) is 4.79 Å². The number of ether oxygens (including phenoxy) is 2. The number of aromatic amines is 1. The van der Waals surface area contributed by atoms with Crippen molar-refractivity contribution in [3.8, 4) is 5.75 Å². The molecular formula is C31H35N7O8. The molecule has 2 amide bonds. The molecule has 46 heavy (non-hydrogen) atoms. The van der Waals surface area contributed by atoms with E-state index in [9.17, 15) is 19.5 Å². The molecule has 0 aliphatic carbocycles. The first-order valence-electron chi connectivity index (χ1n) is 14.2. The van der Waals surface area contributed by atoms with Crippen LogP contribution in [-0.4, -0.2) is 66.0 Å². The Morgan fingerprint density at radius 2 is 1.89 bits per heavy atom. The van der Waals surface area contributed by atoms with Gasteiger partial charge >= 0.3 is 5.97 Å². The number of hydrogen-bond acceptors (Lipinski definition) is 10. The first-order valence-corrected chi connectivity index (χ1v) is 14.2. The number of phenols is 1. The number of H-pyrrole nitrogens is 1. The Labute approximate surface area is 264 Å². The maximum Gasteiger partial charge on any atom is 0.340 e. The lowest BCUT2D eigenvalue weighted by Gasteiger charge is -2.47. The Kier molecular flexibility index (Phi) is 10.9. The summed E-state index contributed by atoms with van der Waals surface area (Å²) in [5, 5.41) is 33.8. The largest absolute Gasteiger partial charge is 0.625 e. The van der Waals surface area contributed by atoms with Crippen molar-refractivity contribution in [2.75, 3.05) is 31.9 Å². The van der Waals surface area contributed by atoms with Crippen LogP contribution >= 0.6 is 0 Å². The summed E-state index contributed by atoms with van der Waals surface area (Å²) in [4.78, 5) is 45.6. The molecule has 4 aromatic rings. The number of aromatic nitrogens is 2. The standard InChI is InChI=1S/C31H35N7O8/c1-4-34-30(41)24-14-35-28(20(24)3)26(15-33-16-32)38(43,17-44-18-45-31(42)21-7-9-23(39)10-8-21)25-13-22(6-5-19(25)2)29(40)36-27-11-12-46-37-27/h5-14,16,26,35,39H,4,15,17-18H2,1-3H3,(H2,32,33)(H,34,41)(H,36,37,40). The van der Waals surface area contributed by atoms with Crippen molar-refractivity contribution in [1.29, 1.82) is 0 Å². The fourth-order valence-electron chi connectivity index (χ4n) is 4.84. The minimum absolute atomic E-state index is 0.0188. The van der Waals surface area contributed by atoms with Crippen molar-refractivity contribution in [1.82, 2.24) is 20.1 Å². The number of amides is 2. The van der Waals surface area contributed by atoms with Crippen molar-refractivity contribution in [3.63, 3.8) is 0 Å². The zero-order valence-electron chi connectivity index (χ0n) is 25.5. The highest BCUT2D eigenvalue weighted by molar-refractivity contribution is 6.04. The second kappa shape index (κ2) is 15.0. The van der Waals surface area contributed by atoms with E-state index in [1.807, 2.05) is 0 Å².